The molecule has 0 fully saturated rings. The number of hydrogen-bond donors (Lipinski definition) is 1. The molecule has 0 aliphatic rings. The lowest BCUT2D eigenvalue weighted by Gasteiger charge is -2.25. The molecule has 0 bridgehead atoms. The van der Waals surface area contributed by atoms with E-state index in [0.717, 1.165) is 11.1 Å². The number of pyridine rings is 1. The van der Waals surface area contributed by atoms with Crippen LogP contribution in [0.3, 0.4) is 0 Å². The second-order valence-corrected chi connectivity index (χ2v) is 7.83. The summed E-state index contributed by atoms with van der Waals surface area (Å²) >= 11 is 5.90. The van der Waals surface area contributed by atoms with Gasteiger partial charge in [0.15, 0.2) is 16.8 Å². The first-order valence-corrected chi connectivity index (χ1v) is 9.78. The average molecular weight is 422 g/mol. The first-order valence-electron chi connectivity index (χ1n) is 9.40. The van der Waals surface area contributed by atoms with Crippen molar-refractivity contribution in [2.45, 2.75) is 26.4 Å². The number of ether oxygens (including phenoxy) is 1. The highest BCUT2D eigenvalue weighted by molar-refractivity contribution is 6.30. The highest BCUT2D eigenvalue weighted by atomic mass is 35.5. The number of aromatic nitrogens is 2. The van der Waals surface area contributed by atoms with Gasteiger partial charge in [-0.3, -0.25) is 4.79 Å². The monoisotopic (exact) mass is 421 g/mol. The molecule has 1 amide bonds. The first kappa shape index (κ1) is 19.9. The third-order valence-corrected chi connectivity index (χ3v) is 4.87. The molecule has 30 heavy (non-hydrogen) atoms. The van der Waals surface area contributed by atoms with Gasteiger partial charge in [0, 0.05) is 22.5 Å². The molecule has 0 atom stereocenters. The quantitative estimate of drug-likeness (QED) is 0.450. The molecule has 0 saturated carbocycles. The zero-order valence-electron chi connectivity index (χ0n) is 16.8. The maximum absolute atomic E-state index is 12.8. The van der Waals surface area contributed by atoms with E-state index in [9.17, 15) is 4.79 Å². The summed E-state index contributed by atoms with van der Waals surface area (Å²) in [6.07, 6.45) is 1.67. The van der Waals surface area contributed by atoms with Gasteiger partial charge in [0.05, 0.1) is 0 Å². The lowest BCUT2D eigenvalue weighted by atomic mass is 10.1. The fourth-order valence-electron chi connectivity index (χ4n) is 2.95. The highest BCUT2D eigenvalue weighted by Crippen LogP contribution is 2.28. The van der Waals surface area contributed by atoms with Gasteiger partial charge < -0.3 is 14.5 Å². The number of fused-ring (bicyclic) bond motifs is 1. The highest BCUT2D eigenvalue weighted by Gasteiger charge is 2.30. The molecule has 1 N–H and O–H groups in total. The summed E-state index contributed by atoms with van der Waals surface area (Å²) in [4.78, 5) is 21.4. The predicted molar refractivity (Wildman–Crippen MR) is 117 cm³/mol. The Balaban J connectivity index is 1.51. The molecule has 0 saturated heterocycles. The number of anilines is 1. The van der Waals surface area contributed by atoms with Crippen LogP contribution in [0.4, 0.5) is 5.69 Å². The number of amides is 1. The average Bonchev–Trinajstić information content (AvgIpc) is 3.15. The lowest BCUT2D eigenvalue weighted by molar-refractivity contribution is -0.128. The molecular weight excluding hydrogens is 402 g/mol. The third kappa shape index (κ3) is 4.14. The number of carbonyl (C=O) groups excluding carboxylic acids is 1. The van der Waals surface area contributed by atoms with Crippen LogP contribution in [-0.2, 0) is 4.79 Å². The van der Waals surface area contributed by atoms with Crippen LogP contribution in [0.2, 0.25) is 5.02 Å². The van der Waals surface area contributed by atoms with Crippen molar-refractivity contribution in [2.75, 3.05) is 5.32 Å². The van der Waals surface area contributed by atoms with Crippen molar-refractivity contribution in [1.29, 1.82) is 0 Å². The largest absolute Gasteiger partial charge is 0.478 e. The normalized spacial score (nSPS) is 11.5. The fourth-order valence-corrected chi connectivity index (χ4v) is 3.07. The molecular formula is C23H20ClN3O3. The molecule has 4 aromatic rings. The smallest absolute Gasteiger partial charge is 0.267 e. The summed E-state index contributed by atoms with van der Waals surface area (Å²) in [5.74, 6) is 0.784. The van der Waals surface area contributed by atoms with Crippen molar-refractivity contribution >= 4 is 34.4 Å². The van der Waals surface area contributed by atoms with Crippen LogP contribution in [0.5, 0.6) is 5.75 Å². The Morgan fingerprint density at radius 1 is 1.13 bits per heavy atom. The molecule has 2 heterocycles. The molecule has 0 radical (unpaired) electrons. The van der Waals surface area contributed by atoms with Crippen molar-refractivity contribution in [3.8, 4) is 17.2 Å². The minimum atomic E-state index is -1.08. The Morgan fingerprint density at radius 2 is 1.90 bits per heavy atom. The Bertz CT molecular complexity index is 1180. The van der Waals surface area contributed by atoms with E-state index in [2.05, 4.69) is 15.3 Å². The first-order chi connectivity index (χ1) is 14.3. The number of benzene rings is 2. The predicted octanol–water partition coefficient (Wildman–Crippen LogP) is 5.65. The van der Waals surface area contributed by atoms with Gasteiger partial charge in [-0.15, -0.1) is 0 Å². The Labute approximate surface area is 178 Å². The number of carbonyl (C=O) groups is 1. The van der Waals surface area contributed by atoms with Crippen LogP contribution in [0.15, 0.2) is 65.2 Å². The summed E-state index contributed by atoms with van der Waals surface area (Å²) in [5, 5.41) is 3.54. The molecule has 0 unspecified atom stereocenters. The Morgan fingerprint density at radius 3 is 2.60 bits per heavy atom. The number of halogens is 1. The van der Waals surface area contributed by atoms with E-state index >= 15 is 0 Å². The van der Waals surface area contributed by atoms with E-state index in [0.29, 0.717) is 33.6 Å². The standard InChI is InChI=1S/C23H20ClN3O3/c1-14-13-15(21-27-20-19(29-21)5-4-12-25-20)6-11-18(14)26-22(28)23(2,3)30-17-9-7-16(24)8-10-17/h4-13H,1-3H3,(H,26,28). The molecule has 2 aromatic carbocycles. The maximum atomic E-state index is 12.8. The number of nitrogens with one attached hydrogen (secondary N) is 1. The topological polar surface area (TPSA) is 77.3 Å². The molecule has 6 nitrogen and oxygen atoms in total. The number of nitrogens with zero attached hydrogens (tertiary/aromatic N) is 2. The zero-order valence-corrected chi connectivity index (χ0v) is 17.5. The van der Waals surface area contributed by atoms with Crippen molar-refractivity contribution < 1.29 is 13.9 Å². The summed E-state index contributed by atoms with van der Waals surface area (Å²) in [5.41, 5.74) is 2.47. The van der Waals surface area contributed by atoms with Gasteiger partial charge in [-0.05, 0) is 80.9 Å². The van der Waals surface area contributed by atoms with E-state index in [-0.39, 0.29) is 5.91 Å². The summed E-state index contributed by atoms with van der Waals surface area (Å²) in [7, 11) is 0. The van der Waals surface area contributed by atoms with E-state index < -0.39 is 5.60 Å². The molecule has 2 aromatic heterocycles. The maximum Gasteiger partial charge on any atom is 0.267 e. The number of aryl methyl sites for hydroxylation is 1. The molecule has 4 rings (SSSR count). The van der Waals surface area contributed by atoms with Crippen molar-refractivity contribution in [3.05, 3.63) is 71.4 Å². The van der Waals surface area contributed by atoms with Crippen molar-refractivity contribution in [2.24, 2.45) is 0 Å². The third-order valence-electron chi connectivity index (χ3n) is 4.62. The Kier molecular flexibility index (Phi) is 5.18. The van der Waals surface area contributed by atoms with E-state index in [1.807, 2.05) is 31.2 Å². The minimum absolute atomic E-state index is 0.264. The molecule has 0 aliphatic carbocycles. The molecule has 152 valence electrons. The van der Waals surface area contributed by atoms with E-state index in [1.54, 1.807) is 50.4 Å². The van der Waals surface area contributed by atoms with Gasteiger partial charge >= 0.3 is 0 Å². The van der Waals surface area contributed by atoms with Crippen LogP contribution >= 0.6 is 11.6 Å². The van der Waals surface area contributed by atoms with Gasteiger partial charge in [0.25, 0.3) is 5.91 Å². The zero-order chi connectivity index (χ0) is 21.3. The lowest BCUT2D eigenvalue weighted by Crippen LogP contribution is -2.42. The van der Waals surface area contributed by atoms with E-state index in [1.165, 1.54) is 0 Å². The van der Waals surface area contributed by atoms with Gasteiger partial charge in [-0.1, -0.05) is 11.6 Å². The number of hydrogen-bond acceptors (Lipinski definition) is 5. The van der Waals surface area contributed by atoms with Crippen LogP contribution in [-0.4, -0.2) is 21.5 Å². The van der Waals surface area contributed by atoms with Crippen LogP contribution in [0, 0.1) is 6.92 Å². The Hall–Kier alpha value is -3.38. The summed E-state index contributed by atoms with van der Waals surface area (Å²) in [6.45, 7) is 5.34. The molecule has 0 spiro atoms. The van der Waals surface area contributed by atoms with Gasteiger partial charge in [-0.25, -0.2) is 4.98 Å². The number of rotatable bonds is 5. The van der Waals surface area contributed by atoms with Crippen molar-refractivity contribution in [1.82, 2.24) is 9.97 Å². The second-order valence-electron chi connectivity index (χ2n) is 7.39. The van der Waals surface area contributed by atoms with E-state index in [4.69, 9.17) is 20.8 Å². The fraction of sp³-hybridized carbons (Fsp3) is 0.174. The summed E-state index contributed by atoms with van der Waals surface area (Å²) in [6, 6.07) is 16.1. The van der Waals surface area contributed by atoms with Crippen LogP contribution < -0.4 is 10.1 Å². The van der Waals surface area contributed by atoms with Gasteiger partial charge in [0.2, 0.25) is 5.89 Å². The minimum Gasteiger partial charge on any atom is -0.478 e. The second kappa shape index (κ2) is 7.80. The molecule has 7 heteroatoms. The van der Waals surface area contributed by atoms with Crippen LogP contribution in [0.25, 0.3) is 22.7 Å². The van der Waals surface area contributed by atoms with Gasteiger partial charge in [-0.2, -0.15) is 4.98 Å². The van der Waals surface area contributed by atoms with Crippen molar-refractivity contribution in [3.63, 3.8) is 0 Å². The number of oxazole rings is 1. The SMILES string of the molecule is Cc1cc(-c2nc3ncccc3o2)ccc1NC(=O)C(C)(C)Oc1ccc(Cl)cc1. The summed E-state index contributed by atoms with van der Waals surface area (Å²) < 4.78 is 11.6. The van der Waals surface area contributed by atoms with Gasteiger partial charge in [0.1, 0.15) is 5.75 Å². The molecule has 0 aliphatic heterocycles. The van der Waals surface area contributed by atoms with Crippen LogP contribution in [0.1, 0.15) is 19.4 Å².